The zero-order valence-electron chi connectivity index (χ0n) is 12.1. The summed E-state index contributed by atoms with van der Waals surface area (Å²) in [6, 6.07) is 9.16. The van der Waals surface area contributed by atoms with E-state index in [0.717, 1.165) is 29.8 Å². The van der Waals surface area contributed by atoms with Gasteiger partial charge in [0.25, 0.3) is 5.56 Å². The van der Waals surface area contributed by atoms with Crippen molar-refractivity contribution in [3.8, 4) is 17.1 Å². The molecule has 4 heteroatoms. The highest BCUT2D eigenvalue weighted by atomic mass is 16.5. The lowest BCUT2D eigenvalue weighted by Gasteiger charge is -2.10. The zero-order valence-corrected chi connectivity index (χ0v) is 12.1. The van der Waals surface area contributed by atoms with E-state index in [-0.39, 0.29) is 11.7 Å². The molecule has 0 unspecified atom stereocenters. The van der Waals surface area contributed by atoms with Gasteiger partial charge in [-0.15, -0.1) is 0 Å². The Morgan fingerprint density at radius 3 is 2.55 bits per heavy atom. The lowest BCUT2D eigenvalue weighted by atomic mass is 10.2. The third-order valence-electron chi connectivity index (χ3n) is 2.80. The molecule has 0 spiro atoms. The Balaban J connectivity index is 2.29. The van der Waals surface area contributed by atoms with Crippen molar-refractivity contribution < 1.29 is 4.74 Å². The molecule has 0 fully saturated rings. The summed E-state index contributed by atoms with van der Waals surface area (Å²) in [5, 5.41) is 0. The van der Waals surface area contributed by atoms with E-state index in [2.05, 4.69) is 16.9 Å². The molecule has 2 rings (SSSR count). The van der Waals surface area contributed by atoms with E-state index in [4.69, 9.17) is 4.74 Å². The fraction of sp³-hybridized carbons (Fsp3) is 0.375. The summed E-state index contributed by atoms with van der Waals surface area (Å²) < 4.78 is 5.60. The molecule has 0 radical (unpaired) electrons. The number of nitrogens with zero attached hydrogens (tertiary/aromatic N) is 1. The Labute approximate surface area is 118 Å². The number of hydrogen-bond donors (Lipinski definition) is 1. The standard InChI is InChI=1S/C16H20N2O2/c1-4-5-13-10-15(19)18-16(17-13)12-6-8-14(9-7-12)20-11(2)3/h6-11H,4-5H2,1-3H3,(H,17,18,19). The van der Waals surface area contributed by atoms with Crippen LogP contribution in [0.4, 0.5) is 0 Å². The predicted molar refractivity (Wildman–Crippen MR) is 80.1 cm³/mol. The number of aromatic nitrogens is 2. The topological polar surface area (TPSA) is 55.0 Å². The van der Waals surface area contributed by atoms with E-state index in [1.54, 1.807) is 6.07 Å². The second kappa shape index (κ2) is 6.37. The Morgan fingerprint density at radius 2 is 1.95 bits per heavy atom. The maximum atomic E-state index is 11.7. The molecule has 20 heavy (non-hydrogen) atoms. The van der Waals surface area contributed by atoms with Gasteiger partial charge < -0.3 is 9.72 Å². The van der Waals surface area contributed by atoms with Crippen LogP contribution in [0, 0.1) is 0 Å². The highest BCUT2D eigenvalue weighted by molar-refractivity contribution is 5.56. The molecule has 1 N–H and O–H groups in total. The smallest absolute Gasteiger partial charge is 0.251 e. The molecule has 0 saturated heterocycles. The third-order valence-corrected chi connectivity index (χ3v) is 2.80. The minimum absolute atomic E-state index is 0.110. The molecule has 1 aromatic carbocycles. The van der Waals surface area contributed by atoms with E-state index in [9.17, 15) is 4.79 Å². The summed E-state index contributed by atoms with van der Waals surface area (Å²) in [4.78, 5) is 18.9. The highest BCUT2D eigenvalue weighted by Crippen LogP contribution is 2.19. The van der Waals surface area contributed by atoms with Gasteiger partial charge in [0, 0.05) is 17.3 Å². The van der Waals surface area contributed by atoms with Gasteiger partial charge in [0.2, 0.25) is 0 Å². The molecular weight excluding hydrogens is 252 g/mol. The first-order valence-corrected chi connectivity index (χ1v) is 6.96. The van der Waals surface area contributed by atoms with Gasteiger partial charge in [-0.1, -0.05) is 13.3 Å². The average molecular weight is 272 g/mol. The molecule has 0 amide bonds. The number of rotatable bonds is 5. The summed E-state index contributed by atoms with van der Waals surface area (Å²) in [6.07, 6.45) is 1.93. The Kier molecular flexibility index (Phi) is 4.56. The molecule has 0 aliphatic heterocycles. The van der Waals surface area contributed by atoms with Gasteiger partial charge in [0.15, 0.2) is 0 Å². The zero-order chi connectivity index (χ0) is 14.5. The Bertz CT molecular complexity index is 615. The second-order valence-corrected chi connectivity index (χ2v) is 5.03. The fourth-order valence-electron chi connectivity index (χ4n) is 1.99. The first-order valence-electron chi connectivity index (χ1n) is 6.96. The van der Waals surface area contributed by atoms with Gasteiger partial charge in [-0.25, -0.2) is 4.98 Å². The SMILES string of the molecule is CCCc1cc(=O)[nH]c(-c2ccc(OC(C)C)cc2)n1. The molecule has 0 aliphatic rings. The normalized spacial score (nSPS) is 10.8. The minimum Gasteiger partial charge on any atom is -0.491 e. The van der Waals surface area contributed by atoms with Gasteiger partial charge in [-0.3, -0.25) is 4.79 Å². The molecule has 0 saturated carbocycles. The number of nitrogens with one attached hydrogen (secondary N) is 1. The summed E-state index contributed by atoms with van der Waals surface area (Å²) >= 11 is 0. The second-order valence-electron chi connectivity index (χ2n) is 5.03. The number of H-pyrrole nitrogens is 1. The number of ether oxygens (including phenoxy) is 1. The summed E-state index contributed by atoms with van der Waals surface area (Å²) in [5.41, 5.74) is 1.60. The molecule has 2 aromatic rings. The Morgan fingerprint density at radius 1 is 1.25 bits per heavy atom. The van der Waals surface area contributed by atoms with Crippen molar-refractivity contribution in [3.63, 3.8) is 0 Å². The van der Waals surface area contributed by atoms with Crippen LogP contribution in [0.25, 0.3) is 11.4 Å². The van der Waals surface area contributed by atoms with Crippen LogP contribution in [0.1, 0.15) is 32.9 Å². The molecular formula is C16H20N2O2. The van der Waals surface area contributed by atoms with Crippen molar-refractivity contribution in [2.45, 2.75) is 39.7 Å². The predicted octanol–water partition coefficient (Wildman–Crippen LogP) is 3.18. The van der Waals surface area contributed by atoms with Crippen LogP contribution in [0.2, 0.25) is 0 Å². The van der Waals surface area contributed by atoms with Crippen molar-refractivity contribution >= 4 is 0 Å². The number of aryl methyl sites for hydroxylation is 1. The van der Waals surface area contributed by atoms with Crippen molar-refractivity contribution in [3.05, 3.63) is 46.4 Å². The summed E-state index contributed by atoms with van der Waals surface area (Å²) in [5.74, 6) is 1.42. The summed E-state index contributed by atoms with van der Waals surface area (Å²) in [7, 11) is 0. The monoisotopic (exact) mass is 272 g/mol. The number of benzene rings is 1. The molecule has 1 heterocycles. The molecule has 0 aliphatic carbocycles. The van der Waals surface area contributed by atoms with Crippen LogP contribution in [-0.2, 0) is 6.42 Å². The first kappa shape index (κ1) is 14.3. The van der Waals surface area contributed by atoms with Crippen LogP contribution >= 0.6 is 0 Å². The highest BCUT2D eigenvalue weighted by Gasteiger charge is 2.05. The van der Waals surface area contributed by atoms with Crippen LogP contribution in [0.3, 0.4) is 0 Å². The third kappa shape index (κ3) is 3.70. The maximum absolute atomic E-state index is 11.7. The summed E-state index contributed by atoms with van der Waals surface area (Å²) in [6.45, 7) is 6.04. The molecule has 1 aromatic heterocycles. The van der Waals surface area contributed by atoms with Gasteiger partial charge in [0.05, 0.1) is 6.10 Å². The van der Waals surface area contributed by atoms with Crippen molar-refractivity contribution in [1.82, 2.24) is 9.97 Å². The van der Waals surface area contributed by atoms with Crippen LogP contribution in [-0.4, -0.2) is 16.1 Å². The van der Waals surface area contributed by atoms with Gasteiger partial charge in [-0.2, -0.15) is 0 Å². The van der Waals surface area contributed by atoms with Crippen molar-refractivity contribution in [1.29, 1.82) is 0 Å². The Hall–Kier alpha value is -2.10. The van der Waals surface area contributed by atoms with E-state index in [1.165, 1.54) is 0 Å². The largest absolute Gasteiger partial charge is 0.491 e. The first-order chi connectivity index (χ1) is 9.58. The van der Waals surface area contributed by atoms with E-state index in [0.29, 0.717) is 5.82 Å². The molecule has 4 nitrogen and oxygen atoms in total. The minimum atomic E-state index is -0.110. The van der Waals surface area contributed by atoms with Crippen LogP contribution in [0.15, 0.2) is 35.1 Å². The van der Waals surface area contributed by atoms with Crippen molar-refractivity contribution in [2.24, 2.45) is 0 Å². The van der Waals surface area contributed by atoms with E-state index >= 15 is 0 Å². The quantitative estimate of drug-likeness (QED) is 0.909. The van der Waals surface area contributed by atoms with Crippen LogP contribution in [0.5, 0.6) is 5.75 Å². The van der Waals surface area contributed by atoms with Gasteiger partial charge >= 0.3 is 0 Å². The lowest BCUT2D eigenvalue weighted by molar-refractivity contribution is 0.242. The molecule has 0 bridgehead atoms. The average Bonchev–Trinajstić information content (AvgIpc) is 2.38. The van der Waals surface area contributed by atoms with Crippen LogP contribution < -0.4 is 10.3 Å². The van der Waals surface area contributed by atoms with Gasteiger partial charge in [-0.05, 0) is 44.5 Å². The van der Waals surface area contributed by atoms with Crippen molar-refractivity contribution in [2.75, 3.05) is 0 Å². The molecule has 0 atom stereocenters. The molecule has 106 valence electrons. The number of aromatic amines is 1. The maximum Gasteiger partial charge on any atom is 0.251 e. The van der Waals surface area contributed by atoms with E-state index in [1.807, 2.05) is 38.1 Å². The number of hydrogen-bond acceptors (Lipinski definition) is 3. The van der Waals surface area contributed by atoms with Gasteiger partial charge in [0.1, 0.15) is 11.6 Å². The van der Waals surface area contributed by atoms with E-state index < -0.39 is 0 Å². The lowest BCUT2D eigenvalue weighted by Crippen LogP contribution is -2.10. The fourth-order valence-corrected chi connectivity index (χ4v) is 1.99.